The van der Waals surface area contributed by atoms with Crippen molar-refractivity contribution in [1.29, 1.82) is 0 Å². The van der Waals surface area contributed by atoms with E-state index in [1.54, 1.807) is 11.3 Å². The lowest BCUT2D eigenvalue weighted by molar-refractivity contribution is 0.351. The Morgan fingerprint density at radius 3 is 3.00 bits per heavy atom. The van der Waals surface area contributed by atoms with Crippen molar-refractivity contribution in [2.75, 3.05) is 0 Å². The normalized spacial score (nSPS) is 25.1. The number of nitrogens with two attached hydrogens (primary N) is 1. The van der Waals surface area contributed by atoms with Crippen LogP contribution in [0.2, 0.25) is 0 Å². The van der Waals surface area contributed by atoms with Crippen LogP contribution < -0.4 is 5.73 Å². The summed E-state index contributed by atoms with van der Waals surface area (Å²) in [7, 11) is 0. The molecule has 0 saturated heterocycles. The Hall–Kier alpha value is -1.13. The largest absolute Gasteiger partial charge is 0.367 e. The first-order chi connectivity index (χ1) is 7.33. The maximum Gasteiger partial charge on any atom is 0.0964 e. The Bertz CT molecular complexity index is 440. The molecule has 0 aliphatic heterocycles. The molecule has 3 rings (SSSR count). The van der Waals surface area contributed by atoms with E-state index in [0.717, 1.165) is 18.5 Å². The van der Waals surface area contributed by atoms with Crippen LogP contribution in [0.5, 0.6) is 0 Å². The maximum atomic E-state index is 5.78. The summed E-state index contributed by atoms with van der Waals surface area (Å²) >= 11 is 1.75. The molecule has 1 saturated carbocycles. The van der Waals surface area contributed by atoms with Gasteiger partial charge in [-0.1, -0.05) is 0 Å². The lowest BCUT2D eigenvalue weighted by Crippen LogP contribution is -2.34. The van der Waals surface area contributed by atoms with Crippen LogP contribution in [0.15, 0.2) is 23.8 Å². The molecule has 0 bridgehead atoms. The number of aromatic nitrogens is 2. The Balaban J connectivity index is 1.82. The summed E-state index contributed by atoms with van der Waals surface area (Å²) in [5.41, 5.74) is 8.03. The van der Waals surface area contributed by atoms with Crippen molar-refractivity contribution in [1.82, 2.24) is 9.97 Å². The van der Waals surface area contributed by atoms with Gasteiger partial charge in [-0.2, -0.15) is 0 Å². The van der Waals surface area contributed by atoms with Crippen LogP contribution in [-0.4, -0.2) is 16.0 Å². The number of aromatic amines is 1. The lowest BCUT2D eigenvalue weighted by atomic mass is 9.81. The van der Waals surface area contributed by atoms with E-state index in [1.165, 1.54) is 10.6 Å². The standard InChI is InChI=1S/C11H13N3S/c12-9-3-8(4-9)11-14-10(6-15-11)7-1-2-13-5-7/h1-2,5-6,8-9,13H,3-4,12H2. The Morgan fingerprint density at radius 1 is 1.47 bits per heavy atom. The van der Waals surface area contributed by atoms with E-state index < -0.39 is 0 Å². The fourth-order valence-electron chi connectivity index (χ4n) is 1.95. The summed E-state index contributed by atoms with van der Waals surface area (Å²) in [4.78, 5) is 7.70. The minimum Gasteiger partial charge on any atom is -0.367 e. The van der Waals surface area contributed by atoms with Crippen LogP contribution in [0.25, 0.3) is 11.3 Å². The molecule has 0 amide bonds. The molecule has 3 N–H and O–H groups in total. The average Bonchev–Trinajstić information content (AvgIpc) is 2.83. The summed E-state index contributed by atoms with van der Waals surface area (Å²) in [6.45, 7) is 0. The molecule has 3 nitrogen and oxygen atoms in total. The number of nitrogens with zero attached hydrogens (tertiary/aromatic N) is 1. The topological polar surface area (TPSA) is 54.7 Å². The average molecular weight is 219 g/mol. The molecule has 4 heteroatoms. The molecule has 2 aromatic rings. The highest BCUT2D eigenvalue weighted by Crippen LogP contribution is 2.38. The van der Waals surface area contributed by atoms with Crippen LogP contribution in [-0.2, 0) is 0 Å². The summed E-state index contributed by atoms with van der Waals surface area (Å²) in [5.74, 6) is 0.609. The van der Waals surface area contributed by atoms with Crippen molar-refractivity contribution < 1.29 is 0 Å². The molecule has 1 fully saturated rings. The predicted octanol–water partition coefficient (Wildman–Crippen LogP) is 2.34. The second-order valence-electron chi connectivity index (χ2n) is 4.10. The highest BCUT2D eigenvalue weighted by atomic mass is 32.1. The van der Waals surface area contributed by atoms with Crippen molar-refractivity contribution in [2.24, 2.45) is 5.73 Å². The molecule has 78 valence electrons. The first-order valence-corrected chi connectivity index (χ1v) is 6.05. The predicted molar refractivity (Wildman–Crippen MR) is 61.9 cm³/mol. The van der Waals surface area contributed by atoms with Crippen LogP contribution >= 0.6 is 11.3 Å². The van der Waals surface area contributed by atoms with E-state index in [0.29, 0.717) is 12.0 Å². The van der Waals surface area contributed by atoms with Gasteiger partial charge >= 0.3 is 0 Å². The molecule has 2 aromatic heterocycles. The lowest BCUT2D eigenvalue weighted by Gasteiger charge is -2.30. The monoisotopic (exact) mass is 219 g/mol. The van der Waals surface area contributed by atoms with Crippen LogP contribution in [0.4, 0.5) is 0 Å². The van der Waals surface area contributed by atoms with Crippen molar-refractivity contribution >= 4 is 11.3 Å². The third kappa shape index (κ3) is 1.60. The number of nitrogens with one attached hydrogen (secondary N) is 1. The summed E-state index contributed by atoms with van der Waals surface area (Å²) in [5, 5.41) is 3.37. The quantitative estimate of drug-likeness (QED) is 0.814. The van der Waals surface area contributed by atoms with E-state index in [1.807, 2.05) is 18.5 Å². The molecule has 0 spiro atoms. The first-order valence-electron chi connectivity index (χ1n) is 5.17. The van der Waals surface area contributed by atoms with Gasteiger partial charge in [0.15, 0.2) is 0 Å². The molecule has 1 aliphatic rings. The van der Waals surface area contributed by atoms with E-state index in [9.17, 15) is 0 Å². The number of hydrogen-bond acceptors (Lipinski definition) is 3. The zero-order chi connectivity index (χ0) is 10.3. The van der Waals surface area contributed by atoms with E-state index in [2.05, 4.69) is 15.3 Å². The summed E-state index contributed by atoms with van der Waals surface area (Å²) < 4.78 is 0. The molecule has 15 heavy (non-hydrogen) atoms. The summed E-state index contributed by atoms with van der Waals surface area (Å²) in [6.07, 6.45) is 6.10. The molecule has 0 aromatic carbocycles. The van der Waals surface area contributed by atoms with Crippen LogP contribution in [0.3, 0.4) is 0 Å². The maximum absolute atomic E-state index is 5.78. The third-order valence-electron chi connectivity index (χ3n) is 2.94. The van der Waals surface area contributed by atoms with Gasteiger partial charge < -0.3 is 10.7 Å². The van der Waals surface area contributed by atoms with E-state index in [-0.39, 0.29) is 0 Å². The molecule has 1 aliphatic carbocycles. The van der Waals surface area contributed by atoms with Gasteiger partial charge in [-0.15, -0.1) is 11.3 Å². The molecule has 2 heterocycles. The smallest absolute Gasteiger partial charge is 0.0964 e. The SMILES string of the molecule is NC1CC(c2nc(-c3cc[nH]c3)cs2)C1. The summed E-state index contributed by atoms with van der Waals surface area (Å²) in [6, 6.07) is 2.44. The van der Waals surface area contributed by atoms with Gasteiger partial charge in [-0.25, -0.2) is 4.98 Å². The van der Waals surface area contributed by atoms with Crippen molar-refractivity contribution in [3.05, 3.63) is 28.8 Å². The molecular weight excluding hydrogens is 206 g/mol. The highest BCUT2D eigenvalue weighted by Gasteiger charge is 2.29. The van der Waals surface area contributed by atoms with Crippen LogP contribution in [0, 0.1) is 0 Å². The van der Waals surface area contributed by atoms with Crippen molar-refractivity contribution in [3.8, 4) is 11.3 Å². The van der Waals surface area contributed by atoms with Gasteiger partial charge in [0.25, 0.3) is 0 Å². The van der Waals surface area contributed by atoms with Gasteiger partial charge in [-0.05, 0) is 18.9 Å². The molecule has 0 unspecified atom stereocenters. The van der Waals surface area contributed by atoms with Gasteiger partial charge in [0.05, 0.1) is 10.7 Å². The Morgan fingerprint density at radius 2 is 2.33 bits per heavy atom. The van der Waals surface area contributed by atoms with Crippen molar-refractivity contribution in [3.63, 3.8) is 0 Å². The number of rotatable bonds is 2. The molecule has 0 radical (unpaired) electrons. The van der Waals surface area contributed by atoms with E-state index >= 15 is 0 Å². The molecular formula is C11H13N3S. The van der Waals surface area contributed by atoms with Crippen molar-refractivity contribution in [2.45, 2.75) is 24.8 Å². The molecule has 0 atom stereocenters. The minimum atomic E-state index is 0.398. The highest BCUT2D eigenvalue weighted by molar-refractivity contribution is 7.10. The number of H-pyrrole nitrogens is 1. The van der Waals surface area contributed by atoms with Gasteiger partial charge in [0.1, 0.15) is 0 Å². The zero-order valence-corrected chi connectivity index (χ0v) is 9.13. The third-order valence-corrected chi connectivity index (χ3v) is 3.95. The Kier molecular flexibility index (Phi) is 2.11. The minimum absolute atomic E-state index is 0.398. The van der Waals surface area contributed by atoms with Gasteiger partial charge in [0.2, 0.25) is 0 Å². The Labute approximate surface area is 92.4 Å². The number of hydrogen-bond donors (Lipinski definition) is 2. The second kappa shape index (κ2) is 3.47. The zero-order valence-electron chi connectivity index (χ0n) is 8.31. The van der Waals surface area contributed by atoms with Gasteiger partial charge in [-0.3, -0.25) is 0 Å². The fourth-order valence-corrected chi connectivity index (χ4v) is 2.91. The van der Waals surface area contributed by atoms with Gasteiger partial charge in [0, 0.05) is 35.3 Å². The first kappa shape index (κ1) is 9.12. The van der Waals surface area contributed by atoms with Crippen LogP contribution in [0.1, 0.15) is 23.8 Å². The number of thiazole rings is 1. The second-order valence-corrected chi connectivity index (χ2v) is 4.99. The fraction of sp³-hybridized carbons (Fsp3) is 0.364. The van der Waals surface area contributed by atoms with E-state index in [4.69, 9.17) is 5.73 Å².